The van der Waals surface area contributed by atoms with Crippen LogP contribution in [0.5, 0.6) is 0 Å². The van der Waals surface area contributed by atoms with Gasteiger partial charge in [0.25, 0.3) is 6.01 Å². The zero-order chi connectivity index (χ0) is 29.1. The van der Waals surface area contributed by atoms with Crippen LogP contribution < -0.4 is 15.2 Å². The quantitative estimate of drug-likeness (QED) is 0.301. The van der Waals surface area contributed by atoms with Gasteiger partial charge in [-0.1, -0.05) is 6.07 Å². The van der Waals surface area contributed by atoms with Crippen molar-refractivity contribution in [1.29, 1.82) is 0 Å². The van der Waals surface area contributed by atoms with Gasteiger partial charge < -0.3 is 23.9 Å². The number of alkyl halides is 3. The van der Waals surface area contributed by atoms with Gasteiger partial charge in [0.1, 0.15) is 11.1 Å². The van der Waals surface area contributed by atoms with Crippen molar-refractivity contribution in [3.8, 4) is 16.9 Å². The van der Waals surface area contributed by atoms with E-state index in [9.17, 15) is 27.9 Å². The number of aromatic nitrogens is 2. The number of anilines is 2. The Morgan fingerprint density at radius 2 is 1.78 bits per heavy atom. The van der Waals surface area contributed by atoms with Crippen LogP contribution in [0.3, 0.4) is 0 Å². The van der Waals surface area contributed by atoms with Gasteiger partial charge in [-0.05, 0) is 69.4 Å². The maximum Gasteiger partial charge on any atom is 0.418 e. The topological polar surface area (TPSA) is 91.8 Å². The van der Waals surface area contributed by atoms with E-state index >= 15 is 0 Å². The van der Waals surface area contributed by atoms with E-state index in [2.05, 4.69) is 23.7 Å². The lowest BCUT2D eigenvalue weighted by atomic mass is 10.0. The standard InChI is InChI=1S/C30H29F3N4O4/c1-29(2)10-5-13-37(29)28-34-22-8-7-19(15-26(22)41-28)36-17-20(27(39)40)25(38)16-24(36)18-6-9-23(35-11-3-4-12-35)21(14-18)30(31,32)33/h6-9,14-17H,3-5,10-13H2,1-2H3,(H,39,40). The summed E-state index contributed by atoms with van der Waals surface area (Å²) in [5, 5.41) is 9.65. The molecule has 2 aliphatic heterocycles. The molecule has 6 rings (SSSR count). The predicted octanol–water partition coefficient (Wildman–Crippen LogP) is 6.34. The molecule has 4 aromatic rings. The highest BCUT2D eigenvalue weighted by Gasteiger charge is 2.37. The molecule has 2 aliphatic rings. The van der Waals surface area contributed by atoms with Crippen molar-refractivity contribution in [1.82, 2.24) is 9.55 Å². The molecular formula is C30H29F3N4O4. The summed E-state index contributed by atoms with van der Waals surface area (Å²) in [6.45, 7) is 6.10. The Kier molecular flexibility index (Phi) is 6.35. The second kappa shape index (κ2) is 9.67. The van der Waals surface area contributed by atoms with Crippen molar-refractivity contribution in [3.05, 3.63) is 70.0 Å². The average Bonchev–Trinajstić information content (AvgIpc) is 3.66. The number of benzene rings is 2. The van der Waals surface area contributed by atoms with Crippen LogP contribution >= 0.6 is 0 Å². The van der Waals surface area contributed by atoms with E-state index in [0.717, 1.165) is 50.6 Å². The van der Waals surface area contributed by atoms with Crippen LogP contribution in [0.4, 0.5) is 24.9 Å². The number of carbonyl (C=O) groups is 1. The molecule has 8 nitrogen and oxygen atoms in total. The first-order valence-electron chi connectivity index (χ1n) is 13.6. The van der Waals surface area contributed by atoms with Crippen LogP contribution in [0.25, 0.3) is 28.0 Å². The number of fused-ring (bicyclic) bond motifs is 1. The van der Waals surface area contributed by atoms with Crippen molar-refractivity contribution in [2.24, 2.45) is 0 Å². The molecule has 0 atom stereocenters. The van der Waals surface area contributed by atoms with E-state index in [0.29, 0.717) is 35.9 Å². The number of oxazole rings is 1. The lowest BCUT2D eigenvalue weighted by molar-refractivity contribution is -0.137. The highest BCUT2D eigenvalue weighted by Crippen LogP contribution is 2.41. The average molecular weight is 567 g/mol. The van der Waals surface area contributed by atoms with Crippen molar-refractivity contribution < 1.29 is 27.5 Å². The van der Waals surface area contributed by atoms with Gasteiger partial charge in [0.05, 0.1) is 11.3 Å². The molecule has 2 fully saturated rings. The molecule has 2 aromatic carbocycles. The normalized spacial score (nSPS) is 17.1. The lowest BCUT2D eigenvalue weighted by Crippen LogP contribution is -2.38. The second-order valence-electron chi connectivity index (χ2n) is 11.3. The summed E-state index contributed by atoms with van der Waals surface area (Å²) in [4.78, 5) is 33.1. The first-order chi connectivity index (χ1) is 19.4. The van der Waals surface area contributed by atoms with E-state index in [1.165, 1.54) is 16.7 Å². The van der Waals surface area contributed by atoms with Crippen molar-refractivity contribution >= 4 is 28.8 Å². The molecule has 2 aromatic heterocycles. The fourth-order valence-electron chi connectivity index (χ4n) is 5.91. The van der Waals surface area contributed by atoms with Gasteiger partial charge in [-0.2, -0.15) is 18.2 Å². The number of hydrogen-bond donors (Lipinski definition) is 1. The van der Waals surface area contributed by atoms with Crippen LogP contribution in [-0.4, -0.2) is 45.8 Å². The zero-order valence-corrected chi connectivity index (χ0v) is 22.7. The molecule has 0 amide bonds. The molecule has 1 N–H and O–H groups in total. The number of aromatic carboxylic acids is 1. The van der Waals surface area contributed by atoms with Gasteiger partial charge >= 0.3 is 12.1 Å². The van der Waals surface area contributed by atoms with Gasteiger partial charge in [-0.15, -0.1) is 0 Å². The van der Waals surface area contributed by atoms with Crippen LogP contribution in [0.15, 0.2) is 57.9 Å². The first-order valence-corrected chi connectivity index (χ1v) is 13.6. The van der Waals surface area contributed by atoms with Gasteiger partial charge in [0.2, 0.25) is 0 Å². The molecule has 11 heteroatoms. The number of pyridine rings is 1. The SMILES string of the molecule is CC1(C)CCCN1c1nc2ccc(-n3cc(C(=O)O)c(=O)cc3-c3ccc(N4CCCC4)c(C(F)(F)F)c3)cc2o1. The van der Waals surface area contributed by atoms with E-state index in [1.807, 2.05) is 0 Å². The maximum atomic E-state index is 14.2. The minimum absolute atomic E-state index is 0.0928. The Bertz CT molecular complexity index is 1720. The Morgan fingerprint density at radius 1 is 1.02 bits per heavy atom. The first kappa shape index (κ1) is 26.9. The molecule has 0 bridgehead atoms. The summed E-state index contributed by atoms with van der Waals surface area (Å²) in [5.41, 5.74) is -0.458. The summed E-state index contributed by atoms with van der Waals surface area (Å²) >= 11 is 0. The number of nitrogens with zero attached hydrogens (tertiary/aromatic N) is 4. The van der Waals surface area contributed by atoms with E-state index in [4.69, 9.17) is 4.42 Å². The fraction of sp³-hybridized carbons (Fsp3) is 0.367. The van der Waals surface area contributed by atoms with Gasteiger partial charge in [0, 0.05) is 54.9 Å². The molecule has 0 aliphatic carbocycles. The number of hydrogen-bond acceptors (Lipinski definition) is 6. The molecule has 0 unspecified atom stereocenters. The number of carboxylic acids is 1. The Balaban J connectivity index is 1.50. The molecular weight excluding hydrogens is 537 g/mol. The second-order valence-corrected chi connectivity index (χ2v) is 11.3. The highest BCUT2D eigenvalue weighted by atomic mass is 19.4. The van der Waals surface area contributed by atoms with E-state index < -0.39 is 28.7 Å². The van der Waals surface area contributed by atoms with E-state index in [1.54, 1.807) is 23.1 Å². The van der Waals surface area contributed by atoms with Crippen LogP contribution in [0.2, 0.25) is 0 Å². The summed E-state index contributed by atoms with van der Waals surface area (Å²) in [6, 6.07) is 10.6. The van der Waals surface area contributed by atoms with Crippen LogP contribution in [0, 0.1) is 0 Å². The van der Waals surface area contributed by atoms with Gasteiger partial charge in [-0.3, -0.25) is 4.79 Å². The number of rotatable bonds is 5. The summed E-state index contributed by atoms with van der Waals surface area (Å²) in [6.07, 6.45) is 0.146. The van der Waals surface area contributed by atoms with Crippen LogP contribution in [-0.2, 0) is 6.18 Å². The Hall–Kier alpha value is -4.28. The van der Waals surface area contributed by atoms with Gasteiger partial charge in [-0.25, -0.2) is 4.79 Å². The highest BCUT2D eigenvalue weighted by molar-refractivity contribution is 5.88. The predicted molar refractivity (Wildman–Crippen MR) is 149 cm³/mol. The summed E-state index contributed by atoms with van der Waals surface area (Å²) in [7, 11) is 0. The third kappa shape index (κ3) is 4.83. The largest absolute Gasteiger partial charge is 0.477 e. The minimum Gasteiger partial charge on any atom is -0.477 e. The molecule has 0 radical (unpaired) electrons. The smallest absolute Gasteiger partial charge is 0.418 e. The third-order valence-corrected chi connectivity index (χ3v) is 8.10. The number of halogens is 3. The Morgan fingerprint density at radius 3 is 2.44 bits per heavy atom. The third-order valence-electron chi connectivity index (χ3n) is 8.10. The Labute approximate surface area is 233 Å². The summed E-state index contributed by atoms with van der Waals surface area (Å²) < 4.78 is 50.2. The molecule has 2 saturated heterocycles. The van der Waals surface area contributed by atoms with Crippen molar-refractivity contribution in [2.75, 3.05) is 29.4 Å². The molecule has 214 valence electrons. The van der Waals surface area contributed by atoms with Crippen LogP contribution in [0.1, 0.15) is 55.5 Å². The van der Waals surface area contributed by atoms with E-state index in [-0.39, 0.29) is 22.5 Å². The van der Waals surface area contributed by atoms with Crippen molar-refractivity contribution in [2.45, 2.75) is 51.2 Å². The number of carboxylic acid groups (broad SMARTS) is 1. The lowest BCUT2D eigenvalue weighted by Gasteiger charge is -2.29. The fourth-order valence-corrected chi connectivity index (χ4v) is 5.91. The van der Waals surface area contributed by atoms with Crippen molar-refractivity contribution in [3.63, 3.8) is 0 Å². The minimum atomic E-state index is -4.63. The molecule has 4 heterocycles. The maximum absolute atomic E-state index is 14.2. The monoisotopic (exact) mass is 566 g/mol. The molecule has 41 heavy (non-hydrogen) atoms. The molecule has 0 spiro atoms. The van der Waals surface area contributed by atoms with Gasteiger partial charge in [0.15, 0.2) is 11.0 Å². The zero-order valence-electron chi connectivity index (χ0n) is 22.7. The molecule has 0 saturated carbocycles. The summed E-state index contributed by atoms with van der Waals surface area (Å²) in [5.74, 6) is -1.44.